The van der Waals surface area contributed by atoms with E-state index in [0.29, 0.717) is 12.8 Å². The Morgan fingerprint density at radius 2 is 1.95 bits per heavy atom. The van der Waals surface area contributed by atoms with E-state index in [2.05, 4.69) is 24.4 Å². The molecule has 1 rings (SSSR count). The van der Waals surface area contributed by atoms with E-state index in [0.717, 1.165) is 12.8 Å². The molecule has 1 atom stereocenters. The van der Waals surface area contributed by atoms with Crippen LogP contribution in [0.4, 0.5) is 0 Å². The van der Waals surface area contributed by atoms with Crippen LogP contribution in [-0.2, 0) is 11.2 Å². The Balaban J connectivity index is 2.24. The number of amides is 1. The first-order valence-corrected chi connectivity index (χ1v) is 6.99. The Kier molecular flexibility index (Phi) is 6.03. The minimum absolute atomic E-state index is 0.0964. The predicted molar refractivity (Wildman–Crippen MR) is 79.9 cm³/mol. The monoisotopic (exact) mass is 262 g/mol. The van der Waals surface area contributed by atoms with Crippen LogP contribution in [0.1, 0.15) is 45.6 Å². The summed E-state index contributed by atoms with van der Waals surface area (Å²) in [5, 5.41) is 3.03. The number of carbonyl (C=O) groups is 1. The van der Waals surface area contributed by atoms with E-state index in [9.17, 15) is 4.79 Å². The summed E-state index contributed by atoms with van der Waals surface area (Å²) in [5.74, 6) is 0.0964. The van der Waals surface area contributed by atoms with E-state index in [4.69, 9.17) is 5.73 Å². The van der Waals surface area contributed by atoms with Crippen LogP contribution in [0.25, 0.3) is 0 Å². The molecule has 0 saturated carbocycles. The van der Waals surface area contributed by atoms with Crippen molar-refractivity contribution in [2.24, 2.45) is 5.73 Å². The van der Waals surface area contributed by atoms with Crippen molar-refractivity contribution in [1.29, 1.82) is 0 Å². The lowest BCUT2D eigenvalue weighted by Crippen LogP contribution is -2.37. The summed E-state index contributed by atoms with van der Waals surface area (Å²) in [5.41, 5.74) is 6.91. The molecule has 0 fully saturated rings. The SMILES string of the molecule is CC(CCc1ccccc1)NC(=O)CCC(C)(C)N. The normalized spacial score (nSPS) is 13.1. The molecule has 3 heteroatoms. The molecule has 0 spiro atoms. The number of hydrogen-bond acceptors (Lipinski definition) is 2. The number of nitrogens with one attached hydrogen (secondary N) is 1. The summed E-state index contributed by atoms with van der Waals surface area (Å²) in [6.07, 6.45) is 3.16. The molecule has 1 unspecified atom stereocenters. The minimum Gasteiger partial charge on any atom is -0.354 e. The summed E-state index contributed by atoms with van der Waals surface area (Å²) in [4.78, 5) is 11.7. The highest BCUT2D eigenvalue weighted by molar-refractivity contribution is 5.76. The Hall–Kier alpha value is -1.35. The minimum atomic E-state index is -0.273. The summed E-state index contributed by atoms with van der Waals surface area (Å²) in [6.45, 7) is 5.94. The molecule has 106 valence electrons. The van der Waals surface area contributed by atoms with Crippen LogP contribution in [0.3, 0.4) is 0 Å². The Bertz CT molecular complexity index is 381. The highest BCUT2D eigenvalue weighted by Crippen LogP contribution is 2.08. The topological polar surface area (TPSA) is 55.1 Å². The van der Waals surface area contributed by atoms with Crippen LogP contribution >= 0.6 is 0 Å². The molecule has 3 N–H and O–H groups in total. The van der Waals surface area contributed by atoms with Crippen LogP contribution in [0.5, 0.6) is 0 Å². The first-order valence-electron chi connectivity index (χ1n) is 6.99. The first-order chi connectivity index (χ1) is 8.87. The van der Waals surface area contributed by atoms with Gasteiger partial charge in [-0.15, -0.1) is 0 Å². The van der Waals surface area contributed by atoms with Gasteiger partial charge in [-0.25, -0.2) is 0 Å². The van der Waals surface area contributed by atoms with Crippen LogP contribution in [0.2, 0.25) is 0 Å². The summed E-state index contributed by atoms with van der Waals surface area (Å²) >= 11 is 0. The van der Waals surface area contributed by atoms with Crippen LogP contribution in [0, 0.1) is 0 Å². The fourth-order valence-corrected chi connectivity index (χ4v) is 1.88. The Labute approximate surface area is 116 Å². The van der Waals surface area contributed by atoms with Crippen LogP contribution in [0.15, 0.2) is 30.3 Å². The molecule has 0 aromatic heterocycles. The summed E-state index contributed by atoms with van der Waals surface area (Å²) in [6, 6.07) is 10.5. The van der Waals surface area contributed by atoms with Gasteiger partial charge in [0.25, 0.3) is 0 Å². The summed E-state index contributed by atoms with van der Waals surface area (Å²) < 4.78 is 0. The third-order valence-corrected chi connectivity index (χ3v) is 3.11. The van der Waals surface area contributed by atoms with Gasteiger partial charge in [-0.1, -0.05) is 30.3 Å². The molecular weight excluding hydrogens is 236 g/mol. The molecule has 1 aromatic carbocycles. The molecule has 0 aliphatic rings. The fraction of sp³-hybridized carbons (Fsp3) is 0.562. The third kappa shape index (κ3) is 7.62. The summed E-state index contributed by atoms with van der Waals surface area (Å²) in [7, 11) is 0. The van der Waals surface area contributed by atoms with Gasteiger partial charge in [0.1, 0.15) is 0 Å². The fourth-order valence-electron chi connectivity index (χ4n) is 1.88. The molecule has 1 amide bonds. The number of carbonyl (C=O) groups excluding carboxylic acids is 1. The van der Waals surface area contributed by atoms with Crippen molar-refractivity contribution < 1.29 is 4.79 Å². The maximum Gasteiger partial charge on any atom is 0.220 e. The van der Waals surface area contributed by atoms with Gasteiger partial charge in [0.2, 0.25) is 5.91 Å². The van der Waals surface area contributed by atoms with Gasteiger partial charge in [0.15, 0.2) is 0 Å². The lowest BCUT2D eigenvalue weighted by Gasteiger charge is -2.19. The molecule has 0 heterocycles. The van der Waals surface area contributed by atoms with Gasteiger partial charge < -0.3 is 11.1 Å². The standard InChI is InChI=1S/C16H26N2O/c1-13(9-10-14-7-5-4-6-8-14)18-15(19)11-12-16(2,3)17/h4-8,13H,9-12,17H2,1-3H3,(H,18,19). The molecular formula is C16H26N2O. The predicted octanol–water partition coefficient (Wildman–Crippen LogP) is 2.64. The van der Waals surface area contributed by atoms with Gasteiger partial charge in [-0.05, 0) is 45.6 Å². The molecule has 19 heavy (non-hydrogen) atoms. The van der Waals surface area contributed by atoms with E-state index in [-0.39, 0.29) is 17.5 Å². The van der Waals surface area contributed by atoms with E-state index in [1.807, 2.05) is 32.0 Å². The van der Waals surface area contributed by atoms with Crippen molar-refractivity contribution >= 4 is 5.91 Å². The zero-order valence-corrected chi connectivity index (χ0v) is 12.3. The smallest absolute Gasteiger partial charge is 0.220 e. The Morgan fingerprint density at radius 3 is 2.53 bits per heavy atom. The molecule has 0 bridgehead atoms. The molecule has 3 nitrogen and oxygen atoms in total. The van der Waals surface area contributed by atoms with Crippen molar-refractivity contribution in [3.05, 3.63) is 35.9 Å². The molecule has 1 aromatic rings. The maximum absolute atomic E-state index is 11.7. The lowest BCUT2D eigenvalue weighted by molar-refractivity contribution is -0.122. The van der Waals surface area contributed by atoms with Crippen LogP contribution < -0.4 is 11.1 Å². The zero-order valence-electron chi connectivity index (χ0n) is 12.3. The van der Waals surface area contributed by atoms with Gasteiger partial charge >= 0.3 is 0 Å². The third-order valence-electron chi connectivity index (χ3n) is 3.11. The number of nitrogens with two attached hydrogens (primary N) is 1. The highest BCUT2D eigenvalue weighted by atomic mass is 16.1. The highest BCUT2D eigenvalue weighted by Gasteiger charge is 2.14. The van der Waals surface area contributed by atoms with E-state index >= 15 is 0 Å². The van der Waals surface area contributed by atoms with Gasteiger partial charge in [-0.3, -0.25) is 4.79 Å². The van der Waals surface area contributed by atoms with Crippen molar-refractivity contribution in [3.63, 3.8) is 0 Å². The van der Waals surface area contributed by atoms with Crippen molar-refractivity contribution in [2.45, 2.75) is 58.0 Å². The lowest BCUT2D eigenvalue weighted by atomic mass is 9.99. The quantitative estimate of drug-likeness (QED) is 0.793. The second-order valence-electron chi connectivity index (χ2n) is 5.98. The van der Waals surface area contributed by atoms with E-state index < -0.39 is 0 Å². The first kappa shape index (κ1) is 15.7. The molecule has 0 aliphatic heterocycles. The van der Waals surface area contributed by atoms with Gasteiger partial charge in [-0.2, -0.15) is 0 Å². The van der Waals surface area contributed by atoms with Crippen molar-refractivity contribution in [3.8, 4) is 0 Å². The van der Waals surface area contributed by atoms with Gasteiger partial charge in [0.05, 0.1) is 0 Å². The zero-order chi connectivity index (χ0) is 14.3. The van der Waals surface area contributed by atoms with Crippen LogP contribution in [-0.4, -0.2) is 17.5 Å². The average Bonchev–Trinajstić information content (AvgIpc) is 2.34. The molecule has 0 saturated heterocycles. The maximum atomic E-state index is 11.7. The van der Waals surface area contributed by atoms with Gasteiger partial charge in [0, 0.05) is 18.0 Å². The second kappa shape index (κ2) is 7.29. The number of aryl methyl sites for hydroxylation is 1. The number of benzene rings is 1. The Morgan fingerprint density at radius 1 is 1.32 bits per heavy atom. The average molecular weight is 262 g/mol. The van der Waals surface area contributed by atoms with Crippen molar-refractivity contribution in [2.75, 3.05) is 0 Å². The number of hydrogen-bond donors (Lipinski definition) is 2. The second-order valence-corrected chi connectivity index (χ2v) is 5.98. The van der Waals surface area contributed by atoms with Crippen molar-refractivity contribution in [1.82, 2.24) is 5.32 Å². The largest absolute Gasteiger partial charge is 0.354 e. The molecule has 0 radical (unpaired) electrons. The molecule has 0 aliphatic carbocycles. The van der Waals surface area contributed by atoms with E-state index in [1.165, 1.54) is 5.56 Å². The van der Waals surface area contributed by atoms with E-state index in [1.54, 1.807) is 0 Å². The number of rotatable bonds is 7.